The Morgan fingerprint density at radius 3 is 1.86 bits per heavy atom. The van der Waals surface area contributed by atoms with Gasteiger partial charge in [-0.25, -0.2) is 9.78 Å². The number of thiazole rings is 1. The molecule has 0 bridgehead atoms. The van der Waals surface area contributed by atoms with E-state index in [2.05, 4.69) is 5.32 Å². The number of fused-ring (bicyclic) bond motifs is 1. The monoisotopic (exact) mass is 843 g/mol. The quantitative estimate of drug-likeness (QED) is 0.0619. The van der Waals surface area contributed by atoms with E-state index in [-0.39, 0.29) is 30.4 Å². The first-order chi connectivity index (χ1) is 28.4. The van der Waals surface area contributed by atoms with Crippen molar-refractivity contribution < 1.29 is 28.7 Å². The normalized spacial score (nSPS) is 16.2. The summed E-state index contributed by atoms with van der Waals surface area (Å²) in [5.41, 5.74) is 4.82. The average Bonchev–Trinajstić information content (AvgIpc) is 3.96. The van der Waals surface area contributed by atoms with Gasteiger partial charge in [0.25, 0.3) is 5.91 Å². The second-order valence-corrected chi connectivity index (χ2v) is 17.7. The fraction of sp³-hybridized carbons (Fsp3) is 0.178. The van der Waals surface area contributed by atoms with E-state index in [0.717, 1.165) is 32.7 Å². The molecule has 1 fully saturated rings. The van der Waals surface area contributed by atoms with Crippen LogP contribution in [0.5, 0.6) is 0 Å². The number of β-lactam (4-membered cyclic amide) rings is 1. The van der Waals surface area contributed by atoms with Crippen LogP contribution in [0, 0.1) is 0 Å². The van der Waals surface area contributed by atoms with Crippen LogP contribution in [0.1, 0.15) is 45.0 Å². The number of nitrogens with zero attached hydrogens (tertiary/aromatic N) is 2. The van der Waals surface area contributed by atoms with E-state index < -0.39 is 35.6 Å². The highest BCUT2D eigenvalue weighted by Gasteiger charge is 2.54. The van der Waals surface area contributed by atoms with Crippen LogP contribution in [0.4, 0.5) is 0 Å². The van der Waals surface area contributed by atoms with Crippen LogP contribution in [0.25, 0.3) is 0 Å². The topological polar surface area (TPSA) is 115 Å². The van der Waals surface area contributed by atoms with Gasteiger partial charge in [-0.2, -0.15) is 0 Å². The zero-order chi connectivity index (χ0) is 39.8. The number of nitrogens with one attached hydrogen (secondary N) is 1. The van der Waals surface area contributed by atoms with Gasteiger partial charge in [-0.1, -0.05) is 139 Å². The standard InChI is InChI=1S/C45H37N3O6S4/c49-36(25-35-22-13-23-55-35)47-38-42(51)48-39(44(52)54-41(31-18-9-3-10-19-31)32-20-11-4-12-21-32)33(26-56-43(38)48)27-57-45-46-34(28-58-45)24-37(50)53-40(29-14-5-1-6-15-29)30-16-7-2-8-17-30/h1-23,28,38,40-41,43H,24-27H2,(H,47,49)/t38-,43-/m1/s1. The number of amides is 2. The molecule has 1 N–H and O–H groups in total. The summed E-state index contributed by atoms with van der Waals surface area (Å²) < 4.78 is 13.0. The van der Waals surface area contributed by atoms with Gasteiger partial charge in [0.05, 0.1) is 18.5 Å². The molecule has 0 spiro atoms. The fourth-order valence-electron chi connectivity index (χ4n) is 6.82. The number of hydrogen-bond acceptors (Lipinski definition) is 11. The summed E-state index contributed by atoms with van der Waals surface area (Å²) in [4.78, 5) is 61.6. The molecule has 4 heterocycles. The summed E-state index contributed by atoms with van der Waals surface area (Å²) in [7, 11) is 0. The maximum Gasteiger partial charge on any atom is 0.356 e. The maximum absolute atomic E-state index is 14.4. The molecule has 2 aliphatic heterocycles. The van der Waals surface area contributed by atoms with E-state index in [1.807, 2.05) is 144 Å². The van der Waals surface area contributed by atoms with Gasteiger partial charge >= 0.3 is 11.9 Å². The molecule has 0 saturated carbocycles. The van der Waals surface area contributed by atoms with Crippen LogP contribution >= 0.6 is 46.2 Å². The number of aromatic nitrogens is 1. The van der Waals surface area contributed by atoms with Crippen LogP contribution in [0.2, 0.25) is 0 Å². The smallest absolute Gasteiger partial charge is 0.356 e. The van der Waals surface area contributed by atoms with E-state index >= 15 is 0 Å². The predicted molar refractivity (Wildman–Crippen MR) is 228 cm³/mol. The first-order valence-electron chi connectivity index (χ1n) is 18.6. The number of hydrogen-bond donors (Lipinski definition) is 1. The molecular formula is C45H37N3O6S4. The molecule has 0 unspecified atom stereocenters. The Hall–Kier alpha value is -5.47. The van der Waals surface area contributed by atoms with Gasteiger partial charge < -0.3 is 14.8 Å². The Kier molecular flexibility index (Phi) is 12.5. The molecule has 4 aromatic carbocycles. The zero-order valence-electron chi connectivity index (χ0n) is 31.0. The van der Waals surface area contributed by atoms with Crippen molar-refractivity contribution in [1.29, 1.82) is 0 Å². The number of benzene rings is 4. The predicted octanol–water partition coefficient (Wildman–Crippen LogP) is 8.40. The summed E-state index contributed by atoms with van der Waals surface area (Å²) in [6.45, 7) is 0. The maximum atomic E-state index is 14.4. The van der Waals surface area contributed by atoms with Crippen molar-refractivity contribution >= 4 is 70.0 Å². The van der Waals surface area contributed by atoms with E-state index in [0.29, 0.717) is 21.5 Å². The Morgan fingerprint density at radius 1 is 0.741 bits per heavy atom. The number of ether oxygens (including phenoxy) is 2. The molecule has 1 saturated heterocycles. The summed E-state index contributed by atoms with van der Waals surface area (Å²) in [5, 5.41) is 6.19. The highest BCUT2D eigenvalue weighted by atomic mass is 32.2. The molecular weight excluding hydrogens is 807 g/mol. The van der Waals surface area contributed by atoms with Gasteiger partial charge in [0.15, 0.2) is 12.2 Å². The van der Waals surface area contributed by atoms with Gasteiger partial charge in [0.1, 0.15) is 21.5 Å². The highest BCUT2D eigenvalue weighted by molar-refractivity contribution is 8.01. The highest BCUT2D eigenvalue weighted by Crippen LogP contribution is 2.43. The van der Waals surface area contributed by atoms with E-state index in [1.165, 1.54) is 51.1 Å². The molecule has 292 valence electrons. The van der Waals surface area contributed by atoms with Crippen LogP contribution < -0.4 is 5.32 Å². The third-order valence-electron chi connectivity index (χ3n) is 9.58. The van der Waals surface area contributed by atoms with Crippen LogP contribution in [0.15, 0.2) is 160 Å². The molecule has 9 nitrogen and oxygen atoms in total. The lowest BCUT2D eigenvalue weighted by atomic mass is 10.0. The van der Waals surface area contributed by atoms with Gasteiger partial charge in [0.2, 0.25) is 5.91 Å². The second-order valence-electron chi connectivity index (χ2n) is 13.5. The zero-order valence-corrected chi connectivity index (χ0v) is 34.2. The number of thiophene rings is 1. The third-order valence-corrected chi connectivity index (χ3v) is 14.0. The number of rotatable bonds is 15. The lowest BCUT2D eigenvalue weighted by molar-refractivity contribution is -0.154. The molecule has 2 atom stereocenters. The number of thioether (sulfide) groups is 2. The fourth-order valence-corrected chi connectivity index (χ4v) is 10.8. The first-order valence-corrected chi connectivity index (χ1v) is 22.4. The number of carbonyl (C=O) groups is 4. The van der Waals surface area contributed by atoms with Crippen molar-refractivity contribution in [1.82, 2.24) is 15.2 Å². The minimum absolute atomic E-state index is 0.00668. The van der Waals surface area contributed by atoms with Crippen molar-refractivity contribution in [3.05, 3.63) is 188 Å². The summed E-state index contributed by atoms with van der Waals surface area (Å²) in [6, 6.07) is 41.3. The molecule has 0 aliphatic carbocycles. The largest absolute Gasteiger partial charge is 0.452 e. The second kappa shape index (κ2) is 18.4. The SMILES string of the molecule is O=C(Cc1cccs1)N[C@@H]1C(=O)N2C(C(=O)OC(c3ccccc3)c3ccccc3)=C(CSc3nc(CC(=O)OC(c4ccccc4)c4ccccc4)cs3)CS[C@H]12. The minimum Gasteiger partial charge on any atom is -0.452 e. The van der Waals surface area contributed by atoms with Crippen molar-refractivity contribution in [3.8, 4) is 0 Å². The number of carbonyl (C=O) groups excluding carboxylic acids is 4. The van der Waals surface area contributed by atoms with Gasteiger partial charge in [-0.05, 0) is 39.3 Å². The Balaban J connectivity index is 0.997. The molecule has 2 amide bonds. The lowest BCUT2D eigenvalue weighted by Gasteiger charge is -2.49. The Morgan fingerprint density at radius 2 is 1.31 bits per heavy atom. The third kappa shape index (κ3) is 9.13. The molecule has 2 aliphatic rings. The van der Waals surface area contributed by atoms with E-state index in [4.69, 9.17) is 14.5 Å². The molecule has 13 heteroatoms. The average molecular weight is 844 g/mol. The summed E-state index contributed by atoms with van der Waals surface area (Å²) in [6.07, 6.45) is -1.10. The van der Waals surface area contributed by atoms with Gasteiger partial charge in [-0.15, -0.1) is 34.4 Å². The van der Waals surface area contributed by atoms with Crippen LogP contribution in [-0.4, -0.2) is 56.6 Å². The summed E-state index contributed by atoms with van der Waals surface area (Å²) in [5.74, 6) is -0.836. The summed E-state index contributed by atoms with van der Waals surface area (Å²) >= 11 is 5.81. The van der Waals surface area contributed by atoms with Crippen LogP contribution in [0.3, 0.4) is 0 Å². The lowest BCUT2D eigenvalue weighted by Crippen LogP contribution is -2.70. The molecule has 6 aromatic rings. The Bertz CT molecular complexity index is 2310. The van der Waals surface area contributed by atoms with E-state index in [1.54, 1.807) is 0 Å². The molecule has 2 aromatic heterocycles. The Labute approximate surface area is 352 Å². The number of esters is 2. The first kappa shape index (κ1) is 39.4. The minimum atomic E-state index is -0.766. The van der Waals surface area contributed by atoms with Crippen LogP contribution in [-0.2, 0) is 41.5 Å². The molecule has 8 rings (SSSR count). The van der Waals surface area contributed by atoms with E-state index in [9.17, 15) is 19.2 Å². The molecule has 58 heavy (non-hydrogen) atoms. The molecule has 0 radical (unpaired) electrons. The van der Waals surface area contributed by atoms with Gasteiger partial charge in [0, 0.05) is 21.8 Å². The van der Waals surface area contributed by atoms with Gasteiger partial charge in [-0.3, -0.25) is 19.3 Å². The van der Waals surface area contributed by atoms with Crippen molar-refractivity contribution in [2.24, 2.45) is 0 Å². The van der Waals surface area contributed by atoms with Crippen molar-refractivity contribution in [3.63, 3.8) is 0 Å². The van der Waals surface area contributed by atoms with Crippen molar-refractivity contribution in [2.75, 3.05) is 11.5 Å². The van der Waals surface area contributed by atoms with Crippen molar-refractivity contribution in [2.45, 2.75) is 40.8 Å².